The van der Waals surface area contributed by atoms with E-state index in [-0.39, 0.29) is 42.7 Å². The van der Waals surface area contributed by atoms with Crippen molar-refractivity contribution in [1.29, 1.82) is 5.26 Å². The Hall–Kier alpha value is -3.35. The fourth-order valence-corrected chi connectivity index (χ4v) is 4.42. The standard InChI is InChI=1S/C23H17Cl4N5O3/c1-30-22(33)31-20-15(24)5-10(6-16(20)25)12-3-4-13(19(29)14(12)9-28)11-7-17(26)21(18(27)8-11)32-23(34)35-2/h3-8H,29H2,1-2H3,(H,32,34)(H2,30,31,33). The summed E-state index contributed by atoms with van der Waals surface area (Å²) < 4.78 is 4.57. The second kappa shape index (κ2) is 10.9. The first-order chi connectivity index (χ1) is 16.6. The molecule has 180 valence electrons. The van der Waals surface area contributed by atoms with Gasteiger partial charge in [-0.1, -0.05) is 58.5 Å². The van der Waals surface area contributed by atoms with Gasteiger partial charge in [-0.05, 0) is 35.4 Å². The van der Waals surface area contributed by atoms with Crippen LogP contribution in [0.4, 0.5) is 26.7 Å². The summed E-state index contributed by atoms with van der Waals surface area (Å²) in [6.45, 7) is 0. The Morgan fingerprint density at radius 1 is 0.886 bits per heavy atom. The minimum Gasteiger partial charge on any atom is -0.453 e. The number of nitrogens with zero attached hydrogens (tertiary/aromatic N) is 1. The van der Waals surface area contributed by atoms with Crippen LogP contribution in [0.15, 0.2) is 36.4 Å². The van der Waals surface area contributed by atoms with E-state index in [1.165, 1.54) is 14.2 Å². The Morgan fingerprint density at radius 3 is 1.80 bits per heavy atom. The van der Waals surface area contributed by atoms with E-state index in [9.17, 15) is 14.9 Å². The minimum atomic E-state index is -0.731. The van der Waals surface area contributed by atoms with Crippen LogP contribution in [0.25, 0.3) is 22.3 Å². The first kappa shape index (κ1) is 26.3. The number of nitrogen functional groups attached to an aromatic ring is 1. The summed E-state index contributed by atoms with van der Waals surface area (Å²) in [7, 11) is 2.67. The van der Waals surface area contributed by atoms with Gasteiger partial charge < -0.3 is 21.1 Å². The number of ether oxygens (including phenoxy) is 1. The summed E-state index contributed by atoms with van der Waals surface area (Å²) in [5.74, 6) is 0. The predicted octanol–water partition coefficient (Wildman–Crippen LogP) is 7.02. The Bertz CT molecular complexity index is 1340. The number of hydrogen-bond acceptors (Lipinski definition) is 5. The quantitative estimate of drug-likeness (QED) is 0.258. The highest BCUT2D eigenvalue weighted by molar-refractivity contribution is 6.41. The van der Waals surface area contributed by atoms with E-state index in [1.807, 2.05) is 0 Å². The van der Waals surface area contributed by atoms with E-state index in [2.05, 4.69) is 26.8 Å². The maximum Gasteiger partial charge on any atom is 0.411 e. The summed E-state index contributed by atoms with van der Waals surface area (Å²) in [5, 5.41) is 17.9. The van der Waals surface area contributed by atoms with Crippen molar-refractivity contribution in [3.05, 3.63) is 62.1 Å². The Labute approximate surface area is 220 Å². The van der Waals surface area contributed by atoms with E-state index in [0.29, 0.717) is 22.3 Å². The van der Waals surface area contributed by atoms with Crippen molar-refractivity contribution in [2.75, 3.05) is 30.5 Å². The number of nitrogens with two attached hydrogens (primary N) is 1. The second-order valence-electron chi connectivity index (χ2n) is 7.01. The lowest BCUT2D eigenvalue weighted by molar-refractivity contribution is 0.187. The second-order valence-corrected chi connectivity index (χ2v) is 8.64. The number of hydrogen-bond donors (Lipinski definition) is 4. The SMILES string of the molecule is CNC(=O)Nc1c(Cl)cc(-c2ccc(-c3cc(Cl)c(NC(=O)OC)c(Cl)c3)c(N)c2C#N)cc1Cl. The lowest BCUT2D eigenvalue weighted by Crippen LogP contribution is -2.24. The molecule has 0 spiro atoms. The van der Waals surface area contributed by atoms with Gasteiger partial charge in [0.05, 0.1) is 49.8 Å². The lowest BCUT2D eigenvalue weighted by atomic mass is 9.93. The number of nitriles is 1. The molecule has 0 aliphatic heterocycles. The highest BCUT2D eigenvalue weighted by Gasteiger charge is 2.19. The molecule has 12 heteroatoms. The van der Waals surface area contributed by atoms with Crippen molar-refractivity contribution < 1.29 is 14.3 Å². The highest BCUT2D eigenvalue weighted by atomic mass is 35.5. The van der Waals surface area contributed by atoms with Gasteiger partial charge in [-0.15, -0.1) is 0 Å². The number of nitrogens with one attached hydrogen (secondary N) is 3. The zero-order valence-electron chi connectivity index (χ0n) is 18.2. The van der Waals surface area contributed by atoms with Crippen LogP contribution in [0, 0.1) is 11.3 Å². The van der Waals surface area contributed by atoms with Gasteiger partial charge in [0.15, 0.2) is 0 Å². The van der Waals surface area contributed by atoms with Crippen LogP contribution in [0.5, 0.6) is 0 Å². The molecule has 0 aliphatic rings. The molecule has 0 heterocycles. The Balaban J connectivity index is 2.08. The maximum absolute atomic E-state index is 11.7. The summed E-state index contributed by atoms with van der Waals surface area (Å²) in [6, 6.07) is 11.2. The van der Waals surface area contributed by atoms with Crippen molar-refractivity contribution >= 4 is 75.6 Å². The highest BCUT2D eigenvalue weighted by Crippen LogP contribution is 2.42. The first-order valence-electron chi connectivity index (χ1n) is 9.76. The molecular weight excluding hydrogens is 536 g/mol. The third-order valence-corrected chi connectivity index (χ3v) is 6.13. The van der Waals surface area contributed by atoms with E-state index < -0.39 is 12.1 Å². The topological polar surface area (TPSA) is 129 Å². The van der Waals surface area contributed by atoms with E-state index in [4.69, 9.17) is 52.1 Å². The van der Waals surface area contributed by atoms with Gasteiger partial charge in [0.25, 0.3) is 0 Å². The monoisotopic (exact) mass is 551 g/mol. The van der Waals surface area contributed by atoms with Crippen LogP contribution >= 0.6 is 46.4 Å². The fourth-order valence-electron chi connectivity index (χ4n) is 3.26. The molecule has 3 aromatic carbocycles. The van der Waals surface area contributed by atoms with Crippen molar-refractivity contribution in [2.45, 2.75) is 0 Å². The van der Waals surface area contributed by atoms with Crippen LogP contribution in [-0.2, 0) is 4.74 Å². The van der Waals surface area contributed by atoms with E-state index in [0.717, 1.165) is 0 Å². The summed E-state index contributed by atoms with van der Waals surface area (Å²) in [4.78, 5) is 23.2. The Morgan fingerprint density at radius 2 is 1.34 bits per heavy atom. The molecule has 0 unspecified atom stereocenters. The molecule has 0 bridgehead atoms. The molecule has 0 fully saturated rings. The molecule has 3 rings (SSSR count). The molecule has 3 amide bonds. The average molecular weight is 553 g/mol. The van der Waals surface area contributed by atoms with Gasteiger partial charge in [-0.25, -0.2) is 9.59 Å². The van der Waals surface area contributed by atoms with Gasteiger partial charge in [-0.3, -0.25) is 5.32 Å². The number of urea groups is 1. The molecule has 35 heavy (non-hydrogen) atoms. The molecule has 8 nitrogen and oxygen atoms in total. The zero-order valence-corrected chi connectivity index (χ0v) is 21.2. The summed E-state index contributed by atoms with van der Waals surface area (Å²) >= 11 is 25.3. The normalized spacial score (nSPS) is 10.3. The van der Waals surface area contributed by atoms with Crippen molar-refractivity contribution in [1.82, 2.24) is 5.32 Å². The molecule has 0 aliphatic carbocycles. The van der Waals surface area contributed by atoms with Crippen LogP contribution in [0.3, 0.4) is 0 Å². The number of anilines is 3. The number of halogens is 4. The molecule has 0 saturated heterocycles. The van der Waals surface area contributed by atoms with Crippen LogP contribution in [-0.4, -0.2) is 26.3 Å². The number of carbonyl (C=O) groups is 2. The largest absolute Gasteiger partial charge is 0.453 e. The number of amides is 3. The molecule has 0 aromatic heterocycles. The molecule has 0 saturated carbocycles. The zero-order chi connectivity index (χ0) is 25.9. The number of methoxy groups -OCH3 is 1. The third kappa shape index (κ3) is 5.50. The van der Waals surface area contributed by atoms with E-state index >= 15 is 0 Å². The fraction of sp³-hybridized carbons (Fsp3) is 0.0870. The Kier molecular flexibility index (Phi) is 8.20. The molecule has 0 atom stereocenters. The lowest BCUT2D eigenvalue weighted by Gasteiger charge is -2.16. The van der Waals surface area contributed by atoms with Gasteiger partial charge in [0, 0.05) is 18.2 Å². The maximum atomic E-state index is 11.7. The average Bonchev–Trinajstić information content (AvgIpc) is 2.82. The third-order valence-electron chi connectivity index (χ3n) is 4.94. The first-order valence-corrected chi connectivity index (χ1v) is 11.3. The van der Waals surface area contributed by atoms with Crippen LogP contribution < -0.4 is 21.7 Å². The molecule has 5 N–H and O–H groups in total. The minimum absolute atomic E-state index is 0.151. The molecular formula is C23H17Cl4N5O3. The molecule has 0 radical (unpaired) electrons. The number of carbonyl (C=O) groups excluding carboxylic acids is 2. The summed E-state index contributed by atoms with van der Waals surface area (Å²) in [5.41, 5.74) is 9.13. The van der Waals surface area contributed by atoms with E-state index in [1.54, 1.807) is 36.4 Å². The van der Waals surface area contributed by atoms with Gasteiger partial charge in [-0.2, -0.15) is 5.26 Å². The smallest absolute Gasteiger partial charge is 0.411 e. The summed E-state index contributed by atoms with van der Waals surface area (Å²) in [6.07, 6.45) is -0.731. The predicted molar refractivity (Wildman–Crippen MR) is 141 cm³/mol. The van der Waals surface area contributed by atoms with Gasteiger partial charge in [0.2, 0.25) is 0 Å². The van der Waals surface area contributed by atoms with Gasteiger partial charge in [0.1, 0.15) is 6.07 Å². The molecule has 3 aromatic rings. The number of rotatable bonds is 4. The van der Waals surface area contributed by atoms with Crippen molar-refractivity contribution in [2.24, 2.45) is 0 Å². The number of benzene rings is 3. The van der Waals surface area contributed by atoms with Crippen molar-refractivity contribution in [3.63, 3.8) is 0 Å². The van der Waals surface area contributed by atoms with Crippen molar-refractivity contribution in [3.8, 4) is 28.3 Å². The van der Waals surface area contributed by atoms with Gasteiger partial charge >= 0.3 is 12.1 Å². The van der Waals surface area contributed by atoms with Crippen LogP contribution in [0.1, 0.15) is 5.56 Å². The van der Waals surface area contributed by atoms with Crippen LogP contribution in [0.2, 0.25) is 20.1 Å².